The van der Waals surface area contributed by atoms with E-state index in [1.165, 1.54) is 24.6 Å². The number of nitrogen functional groups attached to an aromatic ring is 1. The average molecular weight is 293 g/mol. The van der Waals surface area contributed by atoms with Crippen LogP contribution >= 0.6 is 0 Å². The summed E-state index contributed by atoms with van der Waals surface area (Å²) in [6.07, 6.45) is 1.20. The number of rotatable bonds is 3. The Labute approximate surface area is 125 Å². The van der Waals surface area contributed by atoms with E-state index in [-0.39, 0.29) is 11.6 Å². The van der Waals surface area contributed by atoms with Gasteiger partial charge in [-0.3, -0.25) is 9.69 Å². The minimum absolute atomic E-state index is 0.110. The lowest BCUT2D eigenvalue weighted by Crippen LogP contribution is -2.48. The van der Waals surface area contributed by atoms with Crippen LogP contribution in [0.3, 0.4) is 0 Å². The third kappa shape index (κ3) is 3.94. The maximum absolute atomic E-state index is 13.0. The Morgan fingerprint density at radius 2 is 2.14 bits per heavy atom. The monoisotopic (exact) mass is 293 g/mol. The zero-order valence-electron chi connectivity index (χ0n) is 12.9. The number of piperidine rings is 1. The van der Waals surface area contributed by atoms with Gasteiger partial charge < -0.3 is 11.1 Å². The van der Waals surface area contributed by atoms with Crippen LogP contribution in [0.5, 0.6) is 0 Å². The molecule has 1 aromatic rings. The summed E-state index contributed by atoms with van der Waals surface area (Å²) < 4.78 is 13.0. The Kier molecular flexibility index (Phi) is 4.83. The van der Waals surface area contributed by atoms with Gasteiger partial charge in [-0.05, 0) is 43.4 Å². The third-order valence-corrected chi connectivity index (χ3v) is 4.35. The molecule has 1 heterocycles. The van der Waals surface area contributed by atoms with Crippen molar-refractivity contribution in [2.24, 2.45) is 11.8 Å². The molecule has 2 rings (SSSR count). The fourth-order valence-electron chi connectivity index (χ4n) is 3.06. The van der Waals surface area contributed by atoms with Crippen LogP contribution in [-0.4, -0.2) is 29.9 Å². The maximum atomic E-state index is 13.0. The summed E-state index contributed by atoms with van der Waals surface area (Å²) in [6, 6.07) is 4.38. The molecule has 0 aliphatic carbocycles. The van der Waals surface area contributed by atoms with Crippen molar-refractivity contribution in [3.63, 3.8) is 0 Å². The third-order valence-electron chi connectivity index (χ3n) is 4.35. The maximum Gasteiger partial charge on any atom is 0.238 e. The van der Waals surface area contributed by atoms with Crippen molar-refractivity contribution < 1.29 is 9.18 Å². The largest absolute Gasteiger partial charge is 0.397 e. The smallest absolute Gasteiger partial charge is 0.238 e. The van der Waals surface area contributed by atoms with Crippen molar-refractivity contribution in [1.29, 1.82) is 0 Å². The van der Waals surface area contributed by atoms with Crippen LogP contribution in [-0.2, 0) is 4.79 Å². The first-order chi connectivity index (χ1) is 9.86. The van der Waals surface area contributed by atoms with Crippen molar-refractivity contribution in [1.82, 2.24) is 4.90 Å². The van der Waals surface area contributed by atoms with E-state index in [9.17, 15) is 9.18 Å². The highest BCUT2D eigenvalue weighted by Gasteiger charge is 2.29. The minimum Gasteiger partial charge on any atom is -0.397 e. The van der Waals surface area contributed by atoms with Crippen LogP contribution in [0, 0.1) is 17.7 Å². The van der Waals surface area contributed by atoms with Crippen LogP contribution < -0.4 is 11.1 Å². The van der Waals surface area contributed by atoms with Gasteiger partial charge in [-0.1, -0.05) is 13.8 Å². The standard InChI is InChI=1S/C16H24FN3O/c1-10-6-11(2)12(3)20(8-10)9-16(21)19-15-5-4-13(17)7-14(15)18/h4-5,7,10-12H,6,8-9,18H2,1-3H3,(H,19,21). The molecule has 0 saturated carbocycles. The van der Waals surface area contributed by atoms with Crippen LogP contribution in [0.4, 0.5) is 15.8 Å². The molecule has 4 nitrogen and oxygen atoms in total. The number of hydrogen-bond donors (Lipinski definition) is 2. The summed E-state index contributed by atoms with van der Waals surface area (Å²) in [4.78, 5) is 14.4. The van der Waals surface area contributed by atoms with Gasteiger partial charge in [0.1, 0.15) is 5.82 Å². The summed E-state index contributed by atoms with van der Waals surface area (Å²) in [5.74, 6) is 0.664. The Bertz CT molecular complexity index is 520. The number of hydrogen-bond acceptors (Lipinski definition) is 3. The second kappa shape index (κ2) is 6.43. The number of benzene rings is 1. The molecule has 3 unspecified atom stereocenters. The van der Waals surface area contributed by atoms with Gasteiger partial charge >= 0.3 is 0 Å². The molecule has 0 radical (unpaired) electrons. The number of carbonyl (C=O) groups excluding carboxylic acids is 1. The topological polar surface area (TPSA) is 58.4 Å². The summed E-state index contributed by atoms with van der Waals surface area (Å²) >= 11 is 0. The molecule has 1 fully saturated rings. The molecule has 1 aliphatic heterocycles. The number of amides is 1. The Morgan fingerprint density at radius 1 is 1.43 bits per heavy atom. The van der Waals surface area contributed by atoms with Crippen LogP contribution in [0.2, 0.25) is 0 Å². The number of likely N-dealkylation sites (tertiary alicyclic amines) is 1. The highest BCUT2D eigenvalue weighted by molar-refractivity contribution is 5.95. The number of anilines is 2. The van der Waals surface area contributed by atoms with E-state index in [1.54, 1.807) is 0 Å². The number of carbonyl (C=O) groups is 1. The zero-order valence-corrected chi connectivity index (χ0v) is 12.9. The van der Waals surface area contributed by atoms with Gasteiger partial charge in [0.25, 0.3) is 0 Å². The van der Waals surface area contributed by atoms with Gasteiger partial charge in [0.15, 0.2) is 0 Å². The van der Waals surface area contributed by atoms with E-state index < -0.39 is 5.82 Å². The quantitative estimate of drug-likeness (QED) is 0.842. The lowest BCUT2D eigenvalue weighted by molar-refractivity contribution is -0.118. The second-order valence-corrected chi connectivity index (χ2v) is 6.27. The predicted octanol–water partition coefficient (Wildman–Crippen LogP) is 2.71. The van der Waals surface area contributed by atoms with Gasteiger partial charge in [0.2, 0.25) is 5.91 Å². The number of nitrogens with two attached hydrogens (primary N) is 1. The molecular weight excluding hydrogens is 269 g/mol. The summed E-state index contributed by atoms with van der Waals surface area (Å²) in [5.41, 5.74) is 6.42. The van der Waals surface area contributed by atoms with Crippen molar-refractivity contribution in [3.8, 4) is 0 Å². The molecule has 5 heteroatoms. The van der Waals surface area contributed by atoms with Crippen molar-refractivity contribution in [2.75, 3.05) is 24.1 Å². The molecule has 1 aromatic carbocycles. The van der Waals surface area contributed by atoms with Crippen LogP contribution in [0.25, 0.3) is 0 Å². The van der Waals surface area contributed by atoms with Gasteiger partial charge in [0.05, 0.1) is 17.9 Å². The number of nitrogens with one attached hydrogen (secondary N) is 1. The molecule has 1 amide bonds. The zero-order chi connectivity index (χ0) is 15.6. The van der Waals surface area contributed by atoms with Crippen LogP contribution in [0.15, 0.2) is 18.2 Å². The van der Waals surface area contributed by atoms with Gasteiger partial charge in [-0.25, -0.2) is 4.39 Å². The Balaban J connectivity index is 1.97. The Hall–Kier alpha value is -1.62. The molecule has 1 saturated heterocycles. The molecule has 3 N–H and O–H groups in total. The van der Waals surface area contributed by atoms with Crippen molar-refractivity contribution >= 4 is 17.3 Å². The Morgan fingerprint density at radius 3 is 2.81 bits per heavy atom. The normalized spacial score (nSPS) is 26.6. The van der Waals surface area contributed by atoms with E-state index in [2.05, 4.69) is 31.0 Å². The highest BCUT2D eigenvalue weighted by Crippen LogP contribution is 2.27. The molecule has 0 spiro atoms. The first-order valence-corrected chi connectivity index (χ1v) is 7.45. The van der Waals surface area contributed by atoms with Gasteiger partial charge in [0, 0.05) is 12.6 Å². The fourth-order valence-corrected chi connectivity index (χ4v) is 3.06. The number of halogens is 1. The fraction of sp³-hybridized carbons (Fsp3) is 0.562. The number of nitrogens with zero attached hydrogens (tertiary/aromatic N) is 1. The van der Waals surface area contributed by atoms with Gasteiger partial charge in [-0.2, -0.15) is 0 Å². The lowest BCUT2D eigenvalue weighted by atomic mass is 9.86. The molecule has 21 heavy (non-hydrogen) atoms. The van der Waals surface area contributed by atoms with E-state index in [4.69, 9.17) is 5.73 Å². The summed E-state index contributed by atoms with van der Waals surface area (Å²) in [5, 5.41) is 2.76. The van der Waals surface area contributed by atoms with E-state index in [1.807, 2.05) is 0 Å². The van der Waals surface area contributed by atoms with Crippen molar-refractivity contribution in [2.45, 2.75) is 33.2 Å². The molecule has 0 bridgehead atoms. The van der Waals surface area contributed by atoms with E-state index in [0.29, 0.717) is 30.1 Å². The highest BCUT2D eigenvalue weighted by atomic mass is 19.1. The molecule has 116 valence electrons. The van der Waals surface area contributed by atoms with Crippen molar-refractivity contribution in [3.05, 3.63) is 24.0 Å². The second-order valence-electron chi connectivity index (χ2n) is 6.27. The lowest BCUT2D eigenvalue weighted by Gasteiger charge is -2.40. The van der Waals surface area contributed by atoms with E-state index >= 15 is 0 Å². The summed E-state index contributed by atoms with van der Waals surface area (Å²) in [6.45, 7) is 7.87. The summed E-state index contributed by atoms with van der Waals surface area (Å²) in [7, 11) is 0. The average Bonchev–Trinajstić information content (AvgIpc) is 2.38. The molecule has 1 aliphatic rings. The first-order valence-electron chi connectivity index (χ1n) is 7.45. The SMILES string of the molecule is CC1CC(C)C(C)N(CC(=O)Nc2ccc(F)cc2N)C1. The van der Waals surface area contributed by atoms with Gasteiger partial charge in [-0.15, -0.1) is 0 Å². The van der Waals surface area contributed by atoms with E-state index in [0.717, 1.165) is 6.54 Å². The predicted molar refractivity (Wildman–Crippen MR) is 83.4 cm³/mol. The first kappa shape index (κ1) is 15.8. The molecule has 3 atom stereocenters. The minimum atomic E-state index is -0.405. The molecular formula is C16H24FN3O. The van der Waals surface area contributed by atoms with Crippen LogP contribution in [0.1, 0.15) is 27.2 Å². The molecule has 0 aromatic heterocycles.